The zero-order valence-electron chi connectivity index (χ0n) is 13.6. The molecule has 0 aromatic heterocycles. The van der Waals surface area contributed by atoms with Gasteiger partial charge in [-0.15, -0.1) is 0 Å². The van der Waals surface area contributed by atoms with Crippen LogP contribution < -0.4 is 9.47 Å². The van der Waals surface area contributed by atoms with Gasteiger partial charge in [-0.3, -0.25) is 4.79 Å². The molecule has 1 aromatic rings. The molecule has 24 heavy (non-hydrogen) atoms. The Morgan fingerprint density at radius 2 is 1.71 bits per heavy atom. The number of aryl methyl sites for hydroxylation is 1. The first kappa shape index (κ1) is 19.8. The highest BCUT2D eigenvalue weighted by Crippen LogP contribution is 2.41. The second kappa shape index (κ2) is 9.11. The summed E-state index contributed by atoms with van der Waals surface area (Å²) < 4.78 is 24.1. The molecule has 9 heteroatoms. The molecule has 0 atom stereocenters. The summed E-state index contributed by atoms with van der Waals surface area (Å²) in [5.41, 5.74) is 0.578. The molecule has 0 heterocycles. The number of esters is 2. The zero-order valence-corrected chi connectivity index (χ0v) is 15.2. The van der Waals surface area contributed by atoms with Crippen molar-refractivity contribution >= 4 is 34.0 Å². The molecule has 0 spiro atoms. The molecule has 0 aliphatic carbocycles. The lowest BCUT2D eigenvalue weighted by atomic mass is 10.0. The van der Waals surface area contributed by atoms with Crippen LogP contribution in [0.1, 0.15) is 22.3 Å². The molecule has 0 unspecified atom stereocenters. The predicted octanol–water partition coefficient (Wildman–Crippen LogP) is 2.50. The third kappa shape index (κ3) is 4.60. The van der Waals surface area contributed by atoms with Crippen molar-refractivity contribution in [1.29, 1.82) is 0 Å². The second-order valence-corrected chi connectivity index (χ2v) is 5.17. The van der Waals surface area contributed by atoms with Gasteiger partial charge in [0, 0.05) is 6.42 Å². The first-order valence-corrected chi connectivity index (χ1v) is 7.49. The van der Waals surface area contributed by atoms with Crippen molar-refractivity contribution in [3.63, 3.8) is 0 Å². The van der Waals surface area contributed by atoms with E-state index < -0.39 is 18.1 Å². The summed E-state index contributed by atoms with van der Waals surface area (Å²) in [5.74, 6) is -0.957. The van der Waals surface area contributed by atoms with E-state index in [0.29, 0.717) is 5.56 Å². The van der Waals surface area contributed by atoms with Crippen LogP contribution in [0.15, 0.2) is 10.5 Å². The van der Waals surface area contributed by atoms with E-state index >= 15 is 0 Å². The van der Waals surface area contributed by atoms with Crippen LogP contribution in [-0.4, -0.2) is 46.5 Å². The smallest absolute Gasteiger partial charge is 0.493 e. The molecule has 0 N–H and O–H groups in total. The highest BCUT2D eigenvalue weighted by molar-refractivity contribution is 9.10. The third-order valence-electron chi connectivity index (χ3n) is 3.06. The summed E-state index contributed by atoms with van der Waals surface area (Å²) >= 11 is 3.22. The van der Waals surface area contributed by atoms with Crippen molar-refractivity contribution in [3.8, 4) is 11.5 Å². The first-order valence-electron chi connectivity index (χ1n) is 6.69. The van der Waals surface area contributed by atoms with Gasteiger partial charge in [-0.1, -0.05) is 0 Å². The van der Waals surface area contributed by atoms with E-state index in [1.54, 1.807) is 0 Å². The van der Waals surface area contributed by atoms with Gasteiger partial charge in [0.05, 0.1) is 38.5 Å². The van der Waals surface area contributed by atoms with Crippen LogP contribution in [-0.2, 0) is 25.4 Å². The normalized spacial score (nSPS) is 9.88. The largest absolute Gasteiger partial charge is 0.513 e. The van der Waals surface area contributed by atoms with E-state index in [9.17, 15) is 14.4 Å². The van der Waals surface area contributed by atoms with Gasteiger partial charge < -0.3 is 23.7 Å². The lowest BCUT2D eigenvalue weighted by Crippen LogP contribution is -2.14. The van der Waals surface area contributed by atoms with Crippen molar-refractivity contribution < 1.29 is 38.1 Å². The molecule has 1 aromatic carbocycles. The Hall–Kier alpha value is -2.29. The van der Waals surface area contributed by atoms with E-state index in [-0.39, 0.29) is 34.4 Å². The summed E-state index contributed by atoms with van der Waals surface area (Å²) in [6.07, 6.45) is -0.732. The van der Waals surface area contributed by atoms with Crippen LogP contribution in [0.5, 0.6) is 11.5 Å². The fourth-order valence-corrected chi connectivity index (χ4v) is 2.58. The van der Waals surface area contributed by atoms with Crippen molar-refractivity contribution in [2.45, 2.75) is 12.8 Å². The summed E-state index contributed by atoms with van der Waals surface area (Å²) in [4.78, 5) is 34.8. The van der Waals surface area contributed by atoms with Crippen molar-refractivity contribution in [2.24, 2.45) is 0 Å². The number of carbonyl (C=O) groups is 3. The second-order valence-electron chi connectivity index (χ2n) is 4.38. The van der Waals surface area contributed by atoms with Gasteiger partial charge in [-0.25, -0.2) is 9.59 Å². The minimum absolute atomic E-state index is 0.0356. The topological polar surface area (TPSA) is 97.4 Å². The van der Waals surface area contributed by atoms with Gasteiger partial charge in [0.1, 0.15) is 0 Å². The predicted molar refractivity (Wildman–Crippen MR) is 85.4 cm³/mol. The molecule has 0 radical (unpaired) electrons. The average Bonchev–Trinajstić information content (AvgIpc) is 2.60. The fourth-order valence-electron chi connectivity index (χ4n) is 1.89. The zero-order chi connectivity index (χ0) is 18.3. The van der Waals surface area contributed by atoms with Gasteiger partial charge in [-0.05, 0) is 34.0 Å². The van der Waals surface area contributed by atoms with Crippen LogP contribution in [0.4, 0.5) is 4.79 Å². The quantitative estimate of drug-likeness (QED) is 0.405. The van der Waals surface area contributed by atoms with E-state index in [1.165, 1.54) is 27.4 Å². The maximum atomic E-state index is 12.1. The Labute approximate surface area is 147 Å². The lowest BCUT2D eigenvalue weighted by Gasteiger charge is -2.16. The molecular weight excluding hydrogens is 388 g/mol. The number of hydrogen-bond acceptors (Lipinski definition) is 8. The van der Waals surface area contributed by atoms with Crippen molar-refractivity contribution in [3.05, 3.63) is 21.7 Å². The maximum Gasteiger partial charge on any atom is 0.513 e. The maximum absolute atomic E-state index is 12.1. The summed E-state index contributed by atoms with van der Waals surface area (Å²) in [7, 11) is 5.00. The third-order valence-corrected chi connectivity index (χ3v) is 3.81. The monoisotopic (exact) mass is 404 g/mol. The lowest BCUT2D eigenvalue weighted by molar-refractivity contribution is -0.140. The number of methoxy groups -OCH3 is 4. The molecule has 8 nitrogen and oxygen atoms in total. The van der Waals surface area contributed by atoms with Gasteiger partial charge in [0.25, 0.3) is 0 Å². The van der Waals surface area contributed by atoms with Gasteiger partial charge in [0.2, 0.25) is 0 Å². The number of carbonyl (C=O) groups excluding carboxylic acids is 3. The van der Waals surface area contributed by atoms with E-state index in [0.717, 1.165) is 7.11 Å². The van der Waals surface area contributed by atoms with Crippen molar-refractivity contribution in [1.82, 2.24) is 0 Å². The number of rotatable bonds is 6. The number of ether oxygens (including phenoxy) is 5. The summed E-state index contributed by atoms with van der Waals surface area (Å²) in [5, 5.41) is 0. The Morgan fingerprint density at radius 3 is 2.21 bits per heavy atom. The molecule has 0 saturated heterocycles. The molecule has 132 valence electrons. The molecule has 1 rings (SSSR count). The standard InChI is InChI=1S/C15H17BrO8/c1-20-9-7-8(5-6-10(17)21-2)11(14(18)22-3)12(16)13(9)24-15(19)23-4/h7H,5-6H2,1-4H3. The molecule has 0 fully saturated rings. The summed E-state index contributed by atoms with van der Waals surface area (Å²) in [6.45, 7) is 0. The highest BCUT2D eigenvalue weighted by Gasteiger charge is 2.26. The van der Waals surface area contributed by atoms with Crippen LogP contribution >= 0.6 is 15.9 Å². The molecule has 0 bridgehead atoms. The van der Waals surface area contributed by atoms with Crippen LogP contribution in [0, 0.1) is 0 Å². The fraction of sp³-hybridized carbons (Fsp3) is 0.400. The highest BCUT2D eigenvalue weighted by atomic mass is 79.9. The molecule has 0 saturated carbocycles. The Kier molecular flexibility index (Phi) is 7.50. The summed E-state index contributed by atoms with van der Waals surface area (Å²) in [6, 6.07) is 1.48. The molecule has 0 aliphatic rings. The van der Waals surface area contributed by atoms with E-state index in [1.807, 2.05) is 0 Å². The minimum Gasteiger partial charge on any atom is -0.493 e. The Bertz CT molecular complexity index is 641. The van der Waals surface area contributed by atoms with Crippen LogP contribution in [0.3, 0.4) is 0 Å². The molecule has 0 aliphatic heterocycles. The minimum atomic E-state index is -0.980. The SMILES string of the molecule is COC(=O)CCc1cc(OC)c(OC(=O)OC)c(Br)c1C(=O)OC. The number of halogens is 1. The first-order chi connectivity index (χ1) is 11.4. The molecular formula is C15H17BrO8. The average molecular weight is 405 g/mol. The van der Waals surface area contributed by atoms with E-state index in [4.69, 9.17) is 14.2 Å². The Balaban J connectivity index is 3.42. The molecule has 0 amide bonds. The Morgan fingerprint density at radius 1 is 1.04 bits per heavy atom. The number of hydrogen-bond donors (Lipinski definition) is 0. The van der Waals surface area contributed by atoms with Crippen LogP contribution in [0.2, 0.25) is 0 Å². The van der Waals surface area contributed by atoms with Gasteiger partial charge in [-0.2, -0.15) is 0 Å². The van der Waals surface area contributed by atoms with Gasteiger partial charge in [0.15, 0.2) is 11.5 Å². The number of benzene rings is 1. The van der Waals surface area contributed by atoms with Gasteiger partial charge >= 0.3 is 18.1 Å². The van der Waals surface area contributed by atoms with E-state index in [2.05, 4.69) is 25.4 Å². The van der Waals surface area contributed by atoms with Crippen LogP contribution in [0.25, 0.3) is 0 Å². The van der Waals surface area contributed by atoms with Crippen molar-refractivity contribution in [2.75, 3.05) is 28.4 Å².